The fraction of sp³-hybridized carbons (Fsp3) is 0.0556. The number of aromatic nitrogens is 2. The van der Waals surface area contributed by atoms with Gasteiger partial charge in [-0.05, 0) is 41.5 Å². The fourth-order valence-corrected chi connectivity index (χ4v) is 2.30. The molecule has 1 aromatic heterocycles. The van der Waals surface area contributed by atoms with E-state index < -0.39 is 0 Å². The Balaban J connectivity index is 1.63. The first-order chi connectivity index (χ1) is 11.7. The number of nitrogens with one attached hydrogen (secondary N) is 1. The van der Waals surface area contributed by atoms with E-state index >= 15 is 0 Å². The number of carbonyl (C=O) groups excluding carboxylic acids is 1. The maximum Gasteiger partial charge on any atom is 0.271 e. The number of rotatable bonds is 5. The normalized spacial score (nSPS) is 10.9. The molecule has 0 bridgehead atoms. The summed E-state index contributed by atoms with van der Waals surface area (Å²) >= 11 is 5.82. The van der Waals surface area contributed by atoms with Gasteiger partial charge in [-0.1, -0.05) is 35.9 Å². The van der Waals surface area contributed by atoms with Crippen molar-refractivity contribution < 1.29 is 4.79 Å². The topological polar surface area (TPSA) is 59.3 Å². The molecule has 120 valence electrons. The van der Waals surface area contributed by atoms with Gasteiger partial charge in [-0.25, -0.2) is 5.43 Å². The van der Waals surface area contributed by atoms with Gasteiger partial charge in [0.25, 0.3) is 5.91 Å². The van der Waals surface area contributed by atoms with Crippen molar-refractivity contribution in [2.75, 3.05) is 0 Å². The molecule has 0 unspecified atom stereocenters. The number of amides is 1. The second-order valence-corrected chi connectivity index (χ2v) is 5.59. The predicted molar refractivity (Wildman–Crippen MR) is 94.3 cm³/mol. The minimum atomic E-state index is -0.262. The molecule has 0 spiro atoms. The third-order valence-corrected chi connectivity index (χ3v) is 3.59. The fourth-order valence-electron chi connectivity index (χ4n) is 2.17. The Bertz CT molecular complexity index is 842. The average Bonchev–Trinajstić information content (AvgIpc) is 3.10. The molecule has 1 amide bonds. The van der Waals surface area contributed by atoms with Gasteiger partial charge in [-0.15, -0.1) is 0 Å². The number of hydrazone groups is 1. The van der Waals surface area contributed by atoms with E-state index in [1.165, 1.54) is 0 Å². The number of hydrogen-bond donors (Lipinski definition) is 1. The summed E-state index contributed by atoms with van der Waals surface area (Å²) in [5.74, 6) is -0.262. The zero-order valence-electron chi connectivity index (χ0n) is 12.8. The van der Waals surface area contributed by atoms with Crippen LogP contribution in [0.15, 0.2) is 72.1 Å². The van der Waals surface area contributed by atoms with Gasteiger partial charge >= 0.3 is 0 Å². The second kappa shape index (κ2) is 7.57. The SMILES string of the molecule is O=C(N/N=C\c1ccc(Cl)cc1)c1cccc(Cn2cccn2)c1. The quantitative estimate of drug-likeness (QED) is 0.573. The van der Waals surface area contributed by atoms with Gasteiger partial charge in [0, 0.05) is 23.0 Å². The largest absolute Gasteiger partial charge is 0.271 e. The number of halogens is 1. The van der Waals surface area contributed by atoms with E-state index in [2.05, 4.69) is 15.6 Å². The molecule has 0 aliphatic rings. The second-order valence-electron chi connectivity index (χ2n) is 5.15. The molecule has 3 rings (SSSR count). The number of nitrogens with zero attached hydrogens (tertiary/aromatic N) is 3. The minimum absolute atomic E-state index is 0.262. The molecule has 0 saturated heterocycles. The molecule has 6 heteroatoms. The van der Waals surface area contributed by atoms with Crippen LogP contribution in [-0.4, -0.2) is 21.9 Å². The summed E-state index contributed by atoms with van der Waals surface area (Å²) in [6.07, 6.45) is 5.17. The maximum absolute atomic E-state index is 12.2. The Morgan fingerprint density at radius 2 is 2.04 bits per heavy atom. The molecule has 0 saturated carbocycles. The molecule has 0 aliphatic heterocycles. The van der Waals surface area contributed by atoms with Gasteiger partial charge in [0.2, 0.25) is 0 Å². The first kappa shape index (κ1) is 16.0. The average molecular weight is 339 g/mol. The summed E-state index contributed by atoms with van der Waals surface area (Å²) < 4.78 is 1.80. The molecule has 0 radical (unpaired) electrons. The summed E-state index contributed by atoms with van der Waals surface area (Å²) in [6.45, 7) is 0.613. The van der Waals surface area contributed by atoms with Crippen LogP contribution in [0.4, 0.5) is 0 Å². The molecule has 0 fully saturated rings. The van der Waals surface area contributed by atoms with Crippen molar-refractivity contribution >= 4 is 23.7 Å². The Hall–Kier alpha value is -2.92. The highest BCUT2D eigenvalue weighted by atomic mass is 35.5. The molecule has 0 aliphatic carbocycles. The summed E-state index contributed by atoms with van der Waals surface area (Å²) in [5, 5.41) is 8.78. The molecule has 3 aromatic rings. The van der Waals surface area contributed by atoms with Gasteiger partial charge in [-0.3, -0.25) is 9.48 Å². The van der Waals surface area contributed by atoms with Crippen LogP contribution < -0.4 is 5.43 Å². The number of benzene rings is 2. The Morgan fingerprint density at radius 1 is 1.21 bits per heavy atom. The van der Waals surface area contributed by atoms with Crippen molar-refractivity contribution in [1.29, 1.82) is 0 Å². The predicted octanol–water partition coefficient (Wildman–Crippen LogP) is 3.35. The molecular weight excluding hydrogens is 324 g/mol. The van der Waals surface area contributed by atoms with Crippen LogP contribution >= 0.6 is 11.6 Å². The third kappa shape index (κ3) is 4.30. The molecular formula is C18H15ClN4O. The Kier molecular flexibility index (Phi) is 5.03. The van der Waals surface area contributed by atoms with E-state index in [0.717, 1.165) is 11.1 Å². The monoisotopic (exact) mass is 338 g/mol. The van der Waals surface area contributed by atoms with E-state index in [4.69, 9.17) is 11.6 Å². The van der Waals surface area contributed by atoms with Gasteiger partial charge in [-0.2, -0.15) is 10.2 Å². The van der Waals surface area contributed by atoms with Crippen molar-refractivity contribution in [1.82, 2.24) is 15.2 Å². The van der Waals surface area contributed by atoms with Crippen LogP contribution in [-0.2, 0) is 6.54 Å². The van der Waals surface area contributed by atoms with E-state index in [0.29, 0.717) is 17.1 Å². The van der Waals surface area contributed by atoms with Crippen LogP contribution in [0.25, 0.3) is 0 Å². The number of carbonyl (C=O) groups is 1. The zero-order valence-corrected chi connectivity index (χ0v) is 13.5. The maximum atomic E-state index is 12.2. The number of hydrogen-bond acceptors (Lipinski definition) is 3. The van der Waals surface area contributed by atoms with Crippen LogP contribution in [0.2, 0.25) is 5.02 Å². The molecule has 2 aromatic carbocycles. The lowest BCUT2D eigenvalue weighted by Crippen LogP contribution is -2.18. The van der Waals surface area contributed by atoms with Crippen LogP contribution in [0, 0.1) is 0 Å². The van der Waals surface area contributed by atoms with Gasteiger partial charge in [0.1, 0.15) is 0 Å². The molecule has 1 heterocycles. The van der Waals surface area contributed by atoms with Crippen LogP contribution in [0.5, 0.6) is 0 Å². The smallest absolute Gasteiger partial charge is 0.268 e. The van der Waals surface area contributed by atoms with Crippen molar-refractivity contribution in [2.24, 2.45) is 5.10 Å². The van der Waals surface area contributed by atoms with E-state index in [9.17, 15) is 4.79 Å². The highest BCUT2D eigenvalue weighted by molar-refractivity contribution is 6.30. The van der Waals surface area contributed by atoms with Gasteiger partial charge in [0.15, 0.2) is 0 Å². The standard InChI is InChI=1S/C18H15ClN4O/c19-17-7-5-14(6-8-17)12-20-22-18(24)16-4-1-3-15(11-16)13-23-10-2-9-21-23/h1-12H,13H2,(H,22,24)/b20-12-. The van der Waals surface area contributed by atoms with Gasteiger partial charge in [0.05, 0.1) is 12.8 Å². The lowest BCUT2D eigenvalue weighted by molar-refractivity contribution is 0.0955. The van der Waals surface area contributed by atoms with E-state index in [1.807, 2.05) is 42.6 Å². The first-order valence-corrected chi connectivity index (χ1v) is 7.74. The molecule has 1 N–H and O–H groups in total. The minimum Gasteiger partial charge on any atom is -0.268 e. The summed E-state index contributed by atoms with van der Waals surface area (Å²) in [6, 6.07) is 16.4. The highest BCUT2D eigenvalue weighted by Crippen LogP contribution is 2.08. The van der Waals surface area contributed by atoms with Crippen molar-refractivity contribution in [3.8, 4) is 0 Å². The zero-order chi connectivity index (χ0) is 16.8. The molecule has 0 atom stereocenters. The highest BCUT2D eigenvalue weighted by Gasteiger charge is 2.05. The Labute approximate surface area is 144 Å². The summed E-state index contributed by atoms with van der Waals surface area (Å²) in [4.78, 5) is 12.2. The van der Waals surface area contributed by atoms with Crippen molar-refractivity contribution in [3.05, 3.63) is 88.7 Å². The lowest BCUT2D eigenvalue weighted by atomic mass is 10.1. The van der Waals surface area contributed by atoms with Crippen LogP contribution in [0.1, 0.15) is 21.5 Å². The molecule has 5 nitrogen and oxygen atoms in total. The van der Waals surface area contributed by atoms with Gasteiger partial charge < -0.3 is 0 Å². The van der Waals surface area contributed by atoms with E-state index in [-0.39, 0.29) is 5.91 Å². The summed E-state index contributed by atoms with van der Waals surface area (Å²) in [5.41, 5.74) is 4.92. The first-order valence-electron chi connectivity index (χ1n) is 7.36. The summed E-state index contributed by atoms with van der Waals surface area (Å²) in [7, 11) is 0. The third-order valence-electron chi connectivity index (χ3n) is 3.34. The van der Waals surface area contributed by atoms with Crippen molar-refractivity contribution in [2.45, 2.75) is 6.54 Å². The lowest BCUT2D eigenvalue weighted by Gasteiger charge is -2.05. The van der Waals surface area contributed by atoms with Crippen LogP contribution in [0.3, 0.4) is 0 Å². The van der Waals surface area contributed by atoms with Crippen molar-refractivity contribution in [3.63, 3.8) is 0 Å². The Morgan fingerprint density at radius 3 is 2.79 bits per heavy atom. The molecule has 24 heavy (non-hydrogen) atoms. The van der Waals surface area contributed by atoms with E-state index in [1.54, 1.807) is 35.3 Å².